The van der Waals surface area contributed by atoms with Gasteiger partial charge in [0.15, 0.2) is 0 Å². The highest BCUT2D eigenvalue weighted by Crippen LogP contribution is 2.67. The third-order valence-corrected chi connectivity index (χ3v) is 13.6. The largest absolute Gasteiger partial charge is 0.449 e. The lowest BCUT2D eigenvalue weighted by Gasteiger charge is -2.61. The maximum atomic E-state index is 13.7. The third-order valence-electron chi connectivity index (χ3n) is 13.6. The van der Waals surface area contributed by atoms with Crippen LogP contribution >= 0.6 is 0 Å². The van der Waals surface area contributed by atoms with E-state index in [9.17, 15) is 19.2 Å². The van der Waals surface area contributed by atoms with Crippen LogP contribution in [0.1, 0.15) is 122 Å². The quantitative estimate of drug-likeness (QED) is 0.128. The fourth-order valence-electron chi connectivity index (χ4n) is 11.1. The van der Waals surface area contributed by atoms with Crippen LogP contribution in [0.2, 0.25) is 0 Å². The molecule has 2 spiro atoms. The summed E-state index contributed by atoms with van der Waals surface area (Å²) in [5.41, 5.74) is 2.95. The van der Waals surface area contributed by atoms with Gasteiger partial charge in [-0.1, -0.05) is 48.5 Å². The van der Waals surface area contributed by atoms with Gasteiger partial charge in [-0.3, -0.25) is 9.59 Å². The lowest BCUT2D eigenvalue weighted by molar-refractivity contribution is -0.393. The highest BCUT2D eigenvalue weighted by molar-refractivity contribution is 5.83. The number of amides is 4. The number of fused-ring (bicyclic) bond motifs is 3. The lowest BCUT2D eigenvalue weighted by Crippen LogP contribution is -2.65. The van der Waals surface area contributed by atoms with E-state index in [-0.39, 0.29) is 48.6 Å². The van der Waals surface area contributed by atoms with Crippen LogP contribution in [-0.4, -0.2) is 73.0 Å². The number of hydrogen-bond acceptors (Lipinski definition) is 9. The van der Waals surface area contributed by atoms with Crippen LogP contribution in [0.15, 0.2) is 48.5 Å². The second-order valence-electron chi connectivity index (χ2n) is 19.8. The van der Waals surface area contributed by atoms with E-state index < -0.39 is 40.3 Å². The molecule has 9 rings (SSSR count). The summed E-state index contributed by atoms with van der Waals surface area (Å²) in [5.74, 6) is -0.904. The molecule has 4 amide bonds. The van der Waals surface area contributed by atoms with Crippen molar-refractivity contribution in [3.05, 3.63) is 59.7 Å². The van der Waals surface area contributed by atoms with Crippen molar-refractivity contribution in [3.63, 3.8) is 0 Å². The van der Waals surface area contributed by atoms with Crippen molar-refractivity contribution >= 4 is 24.0 Å². The summed E-state index contributed by atoms with van der Waals surface area (Å²) in [6.07, 6.45) is 7.04. The Morgan fingerprint density at radius 1 is 0.780 bits per heavy atom. The van der Waals surface area contributed by atoms with Crippen LogP contribution in [-0.2, 0) is 33.6 Å². The molecule has 5 saturated carbocycles. The average molecular weight is 815 g/mol. The minimum Gasteiger partial charge on any atom is -0.449 e. The summed E-state index contributed by atoms with van der Waals surface area (Å²) >= 11 is 0. The van der Waals surface area contributed by atoms with Gasteiger partial charge in [0.25, 0.3) is 0 Å². The first-order chi connectivity index (χ1) is 28.1. The molecule has 13 nitrogen and oxygen atoms in total. The monoisotopic (exact) mass is 814 g/mol. The van der Waals surface area contributed by atoms with Crippen molar-refractivity contribution in [3.8, 4) is 11.1 Å². The highest BCUT2D eigenvalue weighted by Gasteiger charge is 2.71. The Morgan fingerprint density at radius 2 is 1.41 bits per heavy atom. The number of carbonyl (C=O) groups is 4. The number of carbonyl (C=O) groups excluding carboxylic acids is 4. The van der Waals surface area contributed by atoms with E-state index in [1.165, 1.54) is 11.1 Å². The Balaban J connectivity index is 0.758. The first-order valence-corrected chi connectivity index (χ1v) is 21.8. The Bertz CT molecular complexity index is 1860. The molecule has 3 unspecified atom stereocenters. The van der Waals surface area contributed by atoms with E-state index in [1.54, 1.807) is 0 Å². The Hall–Kier alpha value is -4.20. The predicted octanol–water partition coefficient (Wildman–Crippen LogP) is 7.23. The van der Waals surface area contributed by atoms with E-state index in [0.717, 1.165) is 43.2 Å². The molecular weight excluding hydrogens is 753 g/mol. The van der Waals surface area contributed by atoms with E-state index in [1.807, 2.05) is 58.9 Å². The summed E-state index contributed by atoms with van der Waals surface area (Å²) in [5, 5.41) is 11.9. The number of hydrogen-bond donors (Lipinski definition) is 4. The second-order valence-corrected chi connectivity index (χ2v) is 19.8. The highest BCUT2D eigenvalue weighted by atomic mass is 17.3. The first-order valence-electron chi connectivity index (χ1n) is 21.8. The van der Waals surface area contributed by atoms with Gasteiger partial charge in [-0.2, -0.15) is 9.78 Å². The predicted molar refractivity (Wildman–Crippen MR) is 218 cm³/mol. The number of alkyl carbamates (subject to hydrolysis) is 2. The van der Waals surface area contributed by atoms with Gasteiger partial charge in [0.2, 0.25) is 23.4 Å². The summed E-state index contributed by atoms with van der Waals surface area (Å²) in [6, 6.07) is 16.5. The first kappa shape index (κ1) is 41.5. The van der Waals surface area contributed by atoms with Gasteiger partial charge < -0.3 is 35.5 Å². The molecule has 4 bridgehead atoms. The smallest absolute Gasteiger partial charge is 0.407 e. The van der Waals surface area contributed by atoms with Crippen LogP contribution in [0.5, 0.6) is 0 Å². The van der Waals surface area contributed by atoms with Crippen molar-refractivity contribution < 1.29 is 43.2 Å². The van der Waals surface area contributed by atoms with Gasteiger partial charge in [-0.05, 0) is 120 Å². The zero-order valence-electron chi connectivity index (χ0n) is 35.3. The number of nitrogens with one attached hydrogen (secondary N) is 4. The van der Waals surface area contributed by atoms with Crippen LogP contribution in [0, 0.1) is 29.1 Å². The maximum absolute atomic E-state index is 13.7. The number of ether oxygens (including phenoxy) is 3. The standard InChI is InChI=1S/C46H62N4O9/c1-42(2,3)56-40(53)48-20-10-19-47-39(52)44-24-30-21-31(25-44)46(32(22-30)26-44)57-45(58-59-46)17-15-29(16-18-45)23-38(51)49-28-43(4,5)50-41(54)55-27-37-35-13-8-6-11-33(35)34-12-7-9-14-36(34)37/h6-9,11-14,29-32,37H,10,15-28H2,1-5H3,(H,47,52)(H,48,53)(H,49,51)(H,50,54)/t29?,30?,31-,32+,44?,45?,46?. The number of benzene rings is 2. The van der Waals surface area contributed by atoms with Crippen molar-refractivity contribution in [2.75, 3.05) is 26.2 Å². The van der Waals surface area contributed by atoms with Crippen molar-refractivity contribution in [1.29, 1.82) is 0 Å². The van der Waals surface area contributed by atoms with Crippen LogP contribution in [0.4, 0.5) is 9.59 Å². The molecule has 4 N–H and O–H groups in total. The Morgan fingerprint density at radius 3 is 2.05 bits per heavy atom. The zero-order chi connectivity index (χ0) is 41.6. The van der Waals surface area contributed by atoms with Crippen molar-refractivity contribution in [2.45, 2.75) is 134 Å². The van der Waals surface area contributed by atoms with Gasteiger partial charge in [-0.15, -0.1) is 0 Å². The minimum absolute atomic E-state index is 0.0273. The van der Waals surface area contributed by atoms with E-state index in [2.05, 4.69) is 45.5 Å². The van der Waals surface area contributed by atoms with Crippen molar-refractivity contribution in [2.24, 2.45) is 29.1 Å². The molecule has 5 atom stereocenters. The molecule has 2 aromatic carbocycles. The molecule has 59 heavy (non-hydrogen) atoms. The van der Waals surface area contributed by atoms with Gasteiger partial charge in [0.1, 0.15) is 12.2 Å². The number of rotatable bonds is 12. The molecule has 2 aromatic rings. The molecular formula is C46H62N4O9. The van der Waals surface area contributed by atoms with Gasteiger partial charge in [0, 0.05) is 56.7 Å². The zero-order valence-corrected chi connectivity index (χ0v) is 35.3. The molecule has 1 heterocycles. The van der Waals surface area contributed by atoms with E-state index >= 15 is 0 Å². The fourth-order valence-corrected chi connectivity index (χ4v) is 11.1. The molecule has 320 valence electrons. The third kappa shape index (κ3) is 8.70. The summed E-state index contributed by atoms with van der Waals surface area (Å²) in [7, 11) is 0. The fraction of sp³-hybridized carbons (Fsp3) is 0.652. The molecule has 0 aromatic heterocycles. The SMILES string of the molecule is CC(C)(CNC(=O)CC1CCC2(CC1)OOC1(O2)[C@@H]2CC3C[C@H]1CC(C(=O)NCCCNC(=O)OC(C)(C)C)(C3)C2)NC(=O)OCC1c2ccccc2-c2ccccc21. The van der Waals surface area contributed by atoms with Crippen LogP contribution in [0.25, 0.3) is 11.1 Å². The van der Waals surface area contributed by atoms with Crippen molar-refractivity contribution in [1.82, 2.24) is 21.3 Å². The van der Waals surface area contributed by atoms with Gasteiger partial charge >= 0.3 is 12.2 Å². The Kier molecular flexibility index (Phi) is 11.3. The Labute approximate surface area is 347 Å². The van der Waals surface area contributed by atoms with Crippen LogP contribution in [0.3, 0.4) is 0 Å². The molecule has 7 aliphatic rings. The van der Waals surface area contributed by atoms with E-state index in [0.29, 0.717) is 57.5 Å². The summed E-state index contributed by atoms with van der Waals surface area (Å²) < 4.78 is 18.0. The van der Waals surface area contributed by atoms with Gasteiger partial charge in [-0.25, -0.2) is 9.59 Å². The molecule has 0 radical (unpaired) electrons. The topological polar surface area (TPSA) is 163 Å². The average Bonchev–Trinajstić information content (AvgIpc) is 3.71. The van der Waals surface area contributed by atoms with Crippen LogP contribution < -0.4 is 21.3 Å². The maximum Gasteiger partial charge on any atom is 0.407 e. The molecule has 1 saturated heterocycles. The molecule has 13 heteroatoms. The van der Waals surface area contributed by atoms with Gasteiger partial charge in [0.05, 0.1) is 11.0 Å². The second kappa shape index (κ2) is 16.0. The summed E-state index contributed by atoms with van der Waals surface area (Å²) in [6.45, 7) is 10.6. The minimum atomic E-state index is -0.839. The van der Waals surface area contributed by atoms with E-state index in [4.69, 9.17) is 24.0 Å². The molecule has 6 fully saturated rings. The summed E-state index contributed by atoms with van der Waals surface area (Å²) in [4.78, 5) is 64.2. The lowest BCUT2D eigenvalue weighted by atomic mass is 9.47. The molecule has 6 aliphatic carbocycles. The molecule has 1 aliphatic heterocycles. The normalized spacial score (nSPS) is 30.5.